The van der Waals surface area contributed by atoms with Crippen molar-refractivity contribution in [2.75, 3.05) is 7.11 Å². The van der Waals surface area contributed by atoms with Crippen molar-refractivity contribution in [1.29, 1.82) is 5.26 Å². The first-order valence-corrected chi connectivity index (χ1v) is 5.73. The first-order valence-electron chi connectivity index (χ1n) is 5.73. The quantitative estimate of drug-likeness (QED) is 0.864. The van der Waals surface area contributed by atoms with Gasteiger partial charge >= 0.3 is 6.61 Å². The van der Waals surface area contributed by atoms with Crippen LogP contribution in [0.15, 0.2) is 18.2 Å². The molecule has 0 aliphatic rings. The predicted molar refractivity (Wildman–Crippen MR) is 64.0 cm³/mol. The smallest absolute Gasteiger partial charge is 0.387 e. The second-order valence-electron chi connectivity index (χ2n) is 3.88. The Kier molecular flexibility index (Phi) is 5.52. The van der Waals surface area contributed by atoms with Gasteiger partial charge in [-0.05, 0) is 24.1 Å². The lowest BCUT2D eigenvalue weighted by molar-refractivity contribution is -0.0513. The topological polar surface area (TPSA) is 62.5 Å². The lowest BCUT2D eigenvalue weighted by Gasteiger charge is -2.17. The molecular weight excluding hydrogens is 256 g/mol. The zero-order valence-corrected chi connectivity index (χ0v) is 10.6. The van der Waals surface area contributed by atoms with Crippen LogP contribution in [-0.2, 0) is 0 Å². The number of nitriles is 1. The minimum Gasteiger partial charge on any atom is -0.493 e. The van der Waals surface area contributed by atoms with E-state index < -0.39 is 18.6 Å². The van der Waals surface area contributed by atoms with Crippen molar-refractivity contribution in [1.82, 2.24) is 0 Å². The first kappa shape index (κ1) is 15.2. The van der Waals surface area contributed by atoms with E-state index in [1.807, 2.05) is 6.07 Å². The number of aliphatic hydroxyl groups is 1. The highest BCUT2D eigenvalue weighted by atomic mass is 19.3. The second kappa shape index (κ2) is 6.90. The van der Waals surface area contributed by atoms with Crippen LogP contribution in [0.3, 0.4) is 0 Å². The maximum Gasteiger partial charge on any atom is 0.387 e. The van der Waals surface area contributed by atoms with E-state index in [1.54, 1.807) is 6.92 Å². The molecule has 1 aromatic carbocycles. The summed E-state index contributed by atoms with van der Waals surface area (Å²) in [6, 6.07) is 6.16. The molecule has 0 bridgehead atoms. The molecule has 0 heterocycles. The standard InChI is InChI=1S/C13H15F2NO3/c1-3-8(7-16)12(17)9-4-5-10(18-2)11(6-9)19-13(14)15/h4-6,8,12-13,17H,3H2,1-2H3. The van der Waals surface area contributed by atoms with Crippen LogP contribution >= 0.6 is 0 Å². The Balaban J connectivity index is 3.07. The lowest BCUT2D eigenvalue weighted by atomic mass is 9.94. The number of ether oxygens (including phenoxy) is 2. The molecule has 0 saturated carbocycles. The van der Waals surface area contributed by atoms with Gasteiger partial charge in [0.1, 0.15) is 0 Å². The molecule has 1 rings (SSSR count). The van der Waals surface area contributed by atoms with E-state index in [9.17, 15) is 13.9 Å². The largest absolute Gasteiger partial charge is 0.493 e. The van der Waals surface area contributed by atoms with Gasteiger partial charge in [-0.1, -0.05) is 13.0 Å². The predicted octanol–water partition coefficient (Wildman–Crippen LogP) is 2.88. The summed E-state index contributed by atoms with van der Waals surface area (Å²) < 4.78 is 33.7. The summed E-state index contributed by atoms with van der Waals surface area (Å²) in [7, 11) is 1.33. The molecular formula is C13H15F2NO3. The number of nitrogens with zero attached hydrogens (tertiary/aromatic N) is 1. The highest BCUT2D eigenvalue weighted by Gasteiger charge is 2.21. The molecule has 2 atom stereocenters. The molecule has 0 fully saturated rings. The Bertz CT molecular complexity index is 460. The number of alkyl halides is 2. The normalized spacial score (nSPS) is 13.7. The van der Waals surface area contributed by atoms with Crippen molar-refractivity contribution in [3.05, 3.63) is 23.8 Å². The summed E-state index contributed by atoms with van der Waals surface area (Å²) in [5.41, 5.74) is 0.338. The third-order valence-electron chi connectivity index (χ3n) is 2.73. The summed E-state index contributed by atoms with van der Waals surface area (Å²) >= 11 is 0. The average Bonchev–Trinajstić information content (AvgIpc) is 2.39. The van der Waals surface area contributed by atoms with Crippen molar-refractivity contribution in [2.45, 2.75) is 26.1 Å². The van der Waals surface area contributed by atoms with E-state index in [1.165, 1.54) is 25.3 Å². The van der Waals surface area contributed by atoms with Crippen LogP contribution in [0, 0.1) is 17.2 Å². The van der Waals surface area contributed by atoms with Crippen LogP contribution < -0.4 is 9.47 Å². The SMILES string of the molecule is CCC(C#N)C(O)c1ccc(OC)c(OC(F)F)c1. The first-order chi connectivity index (χ1) is 9.03. The van der Waals surface area contributed by atoms with Crippen molar-refractivity contribution in [2.24, 2.45) is 5.92 Å². The summed E-state index contributed by atoms with van der Waals surface area (Å²) in [6.45, 7) is -1.23. The summed E-state index contributed by atoms with van der Waals surface area (Å²) in [5.74, 6) is -0.629. The molecule has 0 saturated heterocycles. The number of hydrogen-bond acceptors (Lipinski definition) is 4. The van der Waals surface area contributed by atoms with Crippen LogP contribution in [0.25, 0.3) is 0 Å². The molecule has 6 heteroatoms. The van der Waals surface area contributed by atoms with Crippen LogP contribution in [0.1, 0.15) is 25.0 Å². The summed E-state index contributed by atoms with van der Waals surface area (Å²) in [4.78, 5) is 0. The van der Waals surface area contributed by atoms with E-state index in [-0.39, 0.29) is 11.5 Å². The van der Waals surface area contributed by atoms with E-state index >= 15 is 0 Å². The highest BCUT2D eigenvalue weighted by molar-refractivity contribution is 5.43. The van der Waals surface area contributed by atoms with Crippen molar-refractivity contribution in [3.8, 4) is 17.6 Å². The number of halogens is 2. The van der Waals surface area contributed by atoms with Crippen molar-refractivity contribution in [3.63, 3.8) is 0 Å². The molecule has 4 nitrogen and oxygen atoms in total. The molecule has 104 valence electrons. The zero-order valence-electron chi connectivity index (χ0n) is 10.6. The van der Waals surface area contributed by atoms with Gasteiger partial charge in [-0.3, -0.25) is 0 Å². The maximum atomic E-state index is 12.3. The molecule has 0 aliphatic carbocycles. The molecule has 0 radical (unpaired) electrons. The molecule has 0 aromatic heterocycles. The van der Waals surface area contributed by atoms with Gasteiger partial charge in [0.2, 0.25) is 0 Å². The Morgan fingerprint density at radius 2 is 2.05 bits per heavy atom. The van der Waals surface area contributed by atoms with Gasteiger partial charge in [-0.2, -0.15) is 14.0 Å². The molecule has 0 spiro atoms. The van der Waals surface area contributed by atoms with E-state index in [0.29, 0.717) is 12.0 Å². The van der Waals surface area contributed by atoms with Crippen molar-refractivity contribution < 1.29 is 23.4 Å². The van der Waals surface area contributed by atoms with Gasteiger partial charge in [0.15, 0.2) is 11.5 Å². The Morgan fingerprint density at radius 3 is 2.53 bits per heavy atom. The molecule has 1 aromatic rings. The van der Waals surface area contributed by atoms with E-state index in [4.69, 9.17) is 10.00 Å². The van der Waals surface area contributed by atoms with Gasteiger partial charge in [0.25, 0.3) is 0 Å². The van der Waals surface area contributed by atoms with Gasteiger partial charge in [-0.15, -0.1) is 0 Å². The molecule has 19 heavy (non-hydrogen) atoms. The summed E-state index contributed by atoms with van der Waals surface area (Å²) in [6.07, 6.45) is -0.602. The molecule has 0 amide bonds. The minimum absolute atomic E-state index is 0.140. The van der Waals surface area contributed by atoms with Crippen LogP contribution in [-0.4, -0.2) is 18.8 Å². The Hall–Kier alpha value is -1.87. The molecule has 1 N–H and O–H groups in total. The van der Waals surface area contributed by atoms with Gasteiger partial charge in [0.05, 0.1) is 25.2 Å². The fourth-order valence-corrected chi connectivity index (χ4v) is 1.68. The minimum atomic E-state index is -2.99. The van der Waals surface area contributed by atoms with Gasteiger partial charge < -0.3 is 14.6 Å². The third kappa shape index (κ3) is 3.80. The molecule has 2 unspecified atom stereocenters. The average molecular weight is 271 g/mol. The summed E-state index contributed by atoms with van der Waals surface area (Å²) in [5, 5.41) is 18.9. The van der Waals surface area contributed by atoms with Crippen LogP contribution in [0.4, 0.5) is 8.78 Å². The van der Waals surface area contributed by atoms with E-state index in [0.717, 1.165) is 0 Å². The number of methoxy groups -OCH3 is 1. The lowest BCUT2D eigenvalue weighted by Crippen LogP contribution is -2.11. The second-order valence-corrected chi connectivity index (χ2v) is 3.88. The Morgan fingerprint density at radius 1 is 1.37 bits per heavy atom. The fourth-order valence-electron chi connectivity index (χ4n) is 1.68. The number of benzene rings is 1. The highest BCUT2D eigenvalue weighted by Crippen LogP contribution is 2.34. The Labute approximate surface area is 110 Å². The van der Waals surface area contributed by atoms with Gasteiger partial charge in [0, 0.05) is 0 Å². The fraction of sp³-hybridized carbons (Fsp3) is 0.462. The van der Waals surface area contributed by atoms with Crippen LogP contribution in [0.2, 0.25) is 0 Å². The van der Waals surface area contributed by atoms with Crippen molar-refractivity contribution >= 4 is 0 Å². The zero-order chi connectivity index (χ0) is 14.4. The maximum absolute atomic E-state index is 12.3. The van der Waals surface area contributed by atoms with Gasteiger partial charge in [-0.25, -0.2) is 0 Å². The van der Waals surface area contributed by atoms with E-state index in [2.05, 4.69) is 4.74 Å². The molecule has 0 aliphatic heterocycles. The van der Waals surface area contributed by atoms with Crippen LogP contribution in [0.5, 0.6) is 11.5 Å². The monoisotopic (exact) mass is 271 g/mol. The number of hydrogen-bond donors (Lipinski definition) is 1. The number of aliphatic hydroxyl groups excluding tert-OH is 1. The number of rotatable bonds is 6. The third-order valence-corrected chi connectivity index (χ3v) is 2.73.